The Labute approximate surface area is 155 Å². The van der Waals surface area contributed by atoms with Crippen molar-refractivity contribution in [1.29, 1.82) is 0 Å². The number of nitrogens with one attached hydrogen (secondary N) is 1. The smallest absolute Gasteiger partial charge is 0.255 e. The van der Waals surface area contributed by atoms with Gasteiger partial charge in [-0.15, -0.1) is 11.3 Å². The molecular weight excluding hydrogens is 348 g/mol. The second kappa shape index (κ2) is 7.17. The molecule has 0 fully saturated rings. The van der Waals surface area contributed by atoms with Gasteiger partial charge < -0.3 is 14.8 Å². The zero-order chi connectivity index (χ0) is 17.9. The molecule has 0 saturated heterocycles. The van der Waals surface area contributed by atoms with Crippen molar-refractivity contribution in [3.63, 3.8) is 0 Å². The maximum Gasteiger partial charge on any atom is 0.255 e. The monoisotopic (exact) mass is 366 g/mol. The van der Waals surface area contributed by atoms with Crippen molar-refractivity contribution in [2.45, 2.75) is 13.3 Å². The van der Waals surface area contributed by atoms with Crippen LogP contribution in [0.5, 0.6) is 11.5 Å². The molecule has 26 heavy (non-hydrogen) atoms. The van der Waals surface area contributed by atoms with Gasteiger partial charge in [0.15, 0.2) is 11.5 Å². The minimum absolute atomic E-state index is 0.153. The van der Waals surface area contributed by atoms with Crippen LogP contribution in [-0.2, 0) is 6.42 Å². The molecule has 0 saturated carbocycles. The number of ether oxygens (including phenoxy) is 2. The number of carbonyl (C=O) groups excluding carboxylic acids is 1. The van der Waals surface area contributed by atoms with Gasteiger partial charge in [0, 0.05) is 23.9 Å². The molecule has 3 aromatic rings. The summed E-state index contributed by atoms with van der Waals surface area (Å²) in [5.41, 5.74) is 3.82. The van der Waals surface area contributed by atoms with Crippen LogP contribution in [0.1, 0.15) is 21.6 Å². The Kier molecular flexibility index (Phi) is 4.58. The predicted molar refractivity (Wildman–Crippen MR) is 101 cm³/mol. The van der Waals surface area contributed by atoms with Gasteiger partial charge in [0.2, 0.25) is 6.79 Å². The zero-order valence-electron chi connectivity index (χ0n) is 14.3. The quantitative estimate of drug-likeness (QED) is 0.746. The normalized spacial score (nSPS) is 12.2. The molecule has 1 aliphatic rings. The van der Waals surface area contributed by atoms with Crippen molar-refractivity contribution < 1.29 is 14.3 Å². The van der Waals surface area contributed by atoms with Gasteiger partial charge in [0.05, 0.1) is 11.3 Å². The number of nitrogens with zero attached hydrogens (tertiary/aromatic N) is 1. The zero-order valence-corrected chi connectivity index (χ0v) is 15.1. The van der Waals surface area contributed by atoms with E-state index in [-0.39, 0.29) is 12.7 Å². The van der Waals surface area contributed by atoms with Gasteiger partial charge in [-0.1, -0.05) is 35.9 Å². The lowest BCUT2D eigenvalue weighted by Crippen LogP contribution is -2.26. The number of hydrogen-bond acceptors (Lipinski definition) is 5. The van der Waals surface area contributed by atoms with Crippen molar-refractivity contribution in [3.8, 4) is 22.1 Å². The molecule has 0 aliphatic carbocycles. The van der Waals surface area contributed by atoms with Crippen LogP contribution in [0, 0.1) is 6.92 Å². The average Bonchev–Trinajstić information content (AvgIpc) is 3.31. The number of carbonyl (C=O) groups is 1. The Morgan fingerprint density at radius 3 is 2.88 bits per heavy atom. The first-order valence-electron chi connectivity index (χ1n) is 8.39. The molecule has 4 rings (SSSR count). The molecular formula is C20H18N2O3S. The van der Waals surface area contributed by atoms with Crippen LogP contribution in [0.4, 0.5) is 0 Å². The number of aryl methyl sites for hydroxylation is 1. The molecule has 1 amide bonds. The van der Waals surface area contributed by atoms with Gasteiger partial charge in [-0.3, -0.25) is 4.79 Å². The predicted octanol–water partition coefficient (Wildman–Crippen LogP) is 3.82. The number of fused-ring (bicyclic) bond motifs is 1. The van der Waals surface area contributed by atoms with Crippen LogP contribution < -0.4 is 14.8 Å². The van der Waals surface area contributed by atoms with E-state index in [0.717, 1.165) is 16.3 Å². The molecule has 0 spiro atoms. The van der Waals surface area contributed by atoms with E-state index in [1.54, 1.807) is 29.5 Å². The van der Waals surface area contributed by atoms with Crippen LogP contribution in [0.2, 0.25) is 0 Å². The highest BCUT2D eigenvalue weighted by atomic mass is 32.1. The van der Waals surface area contributed by atoms with Crippen LogP contribution in [0.3, 0.4) is 0 Å². The number of para-hydroxylation sites is 1. The van der Waals surface area contributed by atoms with Crippen molar-refractivity contribution >= 4 is 17.2 Å². The van der Waals surface area contributed by atoms with E-state index in [1.165, 1.54) is 5.56 Å². The Morgan fingerprint density at radius 2 is 2.04 bits per heavy atom. The first kappa shape index (κ1) is 16.6. The number of aromatic nitrogens is 1. The van der Waals surface area contributed by atoms with Crippen molar-refractivity contribution in [2.24, 2.45) is 0 Å². The van der Waals surface area contributed by atoms with Gasteiger partial charge in [0.1, 0.15) is 5.01 Å². The molecule has 6 heteroatoms. The third-order valence-electron chi connectivity index (χ3n) is 4.16. The SMILES string of the molecule is Cc1ccc(-c2nc(CCNC(=O)c3cccc4c3OCO4)cs2)cc1. The second-order valence-corrected chi connectivity index (χ2v) is 6.91. The number of hydrogen-bond donors (Lipinski definition) is 1. The fraction of sp³-hybridized carbons (Fsp3) is 0.200. The minimum atomic E-state index is -0.165. The summed E-state index contributed by atoms with van der Waals surface area (Å²) in [6, 6.07) is 13.6. The van der Waals surface area contributed by atoms with Gasteiger partial charge >= 0.3 is 0 Å². The largest absolute Gasteiger partial charge is 0.454 e. The lowest BCUT2D eigenvalue weighted by molar-refractivity contribution is 0.0949. The van der Waals surface area contributed by atoms with Crippen molar-refractivity contribution in [3.05, 3.63) is 64.7 Å². The van der Waals surface area contributed by atoms with Gasteiger partial charge in [-0.05, 0) is 19.1 Å². The molecule has 132 valence electrons. The first-order valence-corrected chi connectivity index (χ1v) is 9.27. The van der Waals surface area contributed by atoms with E-state index >= 15 is 0 Å². The molecule has 0 bridgehead atoms. The molecule has 5 nitrogen and oxygen atoms in total. The van der Waals surface area contributed by atoms with E-state index < -0.39 is 0 Å². The lowest BCUT2D eigenvalue weighted by atomic mass is 10.1. The van der Waals surface area contributed by atoms with E-state index in [9.17, 15) is 4.79 Å². The summed E-state index contributed by atoms with van der Waals surface area (Å²) in [5.74, 6) is 0.960. The van der Waals surface area contributed by atoms with Gasteiger partial charge in [-0.25, -0.2) is 4.98 Å². The summed E-state index contributed by atoms with van der Waals surface area (Å²) in [7, 11) is 0. The topological polar surface area (TPSA) is 60.5 Å². The summed E-state index contributed by atoms with van der Waals surface area (Å²) in [4.78, 5) is 17.0. The second-order valence-electron chi connectivity index (χ2n) is 6.06. The summed E-state index contributed by atoms with van der Waals surface area (Å²) in [6.07, 6.45) is 0.681. The number of thiazole rings is 1. The third-order valence-corrected chi connectivity index (χ3v) is 5.10. The summed E-state index contributed by atoms with van der Waals surface area (Å²) < 4.78 is 10.7. The highest BCUT2D eigenvalue weighted by molar-refractivity contribution is 7.13. The Morgan fingerprint density at radius 1 is 1.19 bits per heavy atom. The van der Waals surface area contributed by atoms with Crippen LogP contribution in [-0.4, -0.2) is 24.2 Å². The molecule has 1 aliphatic heterocycles. The minimum Gasteiger partial charge on any atom is -0.454 e. The summed E-state index contributed by atoms with van der Waals surface area (Å²) in [6.45, 7) is 2.74. The Balaban J connectivity index is 1.36. The third kappa shape index (κ3) is 3.41. The Bertz CT molecular complexity index is 934. The summed E-state index contributed by atoms with van der Waals surface area (Å²) >= 11 is 1.62. The molecule has 2 heterocycles. The van der Waals surface area contributed by atoms with Crippen LogP contribution in [0.25, 0.3) is 10.6 Å². The standard InChI is InChI=1S/C20H18N2O3S/c1-13-5-7-14(8-6-13)20-22-15(11-26-20)9-10-21-19(23)16-3-2-4-17-18(16)25-12-24-17/h2-8,11H,9-10,12H2,1H3,(H,21,23). The lowest BCUT2D eigenvalue weighted by Gasteiger charge is -2.06. The number of rotatable bonds is 5. The van der Waals surface area contributed by atoms with Gasteiger partial charge in [-0.2, -0.15) is 0 Å². The average molecular weight is 366 g/mol. The molecule has 0 unspecified atom stereocenters. The van der Waals surface area contributed by atoms with Gasteiger partial charge in [0.25, 0.3) is 5.91 Å². The molecule has 1 N–H and O–H groups in total. The maximum absolute atomic E-state index is 12.4. The highest BCUT2D eigenvalue weighted by Crippen LogP contribution is 2.35. The molecule has 0 atom stereocenters. The van der Waals surface area contributed by atoms with E-state index in [0.29, 0.717) is 30.0 Å². The first-order chi connectivity index (χ1) is 12.7. The van der Waals surface area contributed by atoms with E-state index in [1.807, 2.05) is 5.38 Å². The molecule has 2 aromatic carbocycles. The van der Waals surface area contributed by atoms with Crippen LogP contribution >= 0.6 is 11.3 Å². The van der Waals surface area contributed by atoms with E-state index in [2.05, 4.69) is 41.5 Å². The highest BCUT2D eigenvalue weighted by Gasteiger charge is 2.21. The number of amides is 1. The fourth-order valence-corrected chi connectivity index (χ4v) is 3.62. The maximum atomic E-state index is 12.4. The molecule has 0 radical (unpaired) electrons. The van der Waals surface area contributed by atoms with E-state index in [4.69, 9.17) is 9.47 Å². The number of benzene rings is 2. The molecule has 1 aromatic heterocycles. The van der Waals surface area contributed by atoms with Crippen LogP contribution in [0.15, 0.2) is 47.8 Å². The van der Waals surface area contributed by atoms with Crippen molar-refractivity contribution in [1.82, 2.24) is 10.3 Å². The Hall–Kier alpha value is -2.86. The summed E-state index contributed by atoms with van der Waals surface area (Å²) in [5, 5.41) is 5.96. The fourth-order valence-electron chi connectivity index (χ4n) is 2.76. The van der Waals surface area contributed by atoms with Crippen molar-refractivity contribution in [2.75, 3.05) is 13.3 Å².